The van der Waals surface area contributed by atoms with E-state index < -0.39 is 10.2 Å². The van der Waals surface area contributed by atoms with Crippen molar-refractivity contribution in [2.45, 2.75) is 25.3 Å². The summed E-state index contributed by atoms with van der Waals surface area (Å²) in [6.45, 7) is 1.30. The van der Waals surface area contributed by atoms with Crippen LogP contribution in [0.2, 0.25) is 5.02 Å². The molecule has 118 valence electrons. The standard InChI is InChI=1S/C13H19BrClN3O2S/c1-18(9-3-8-16-10-6-7-10)21(19,20)17-12-5-2-4-11(15)13(12)14/h2,4-5,10,16-17H,3,6-9H2,1H3. The lowest BCUT2D eigenvalue weighted by Crippen LogP contribution is -2.34. The zero-order valence-electron chi connectivity index (χ0n) is 11.8. The Kier molecular flexibility index (Phi) is 5.90. The van der Waals surface area contributed by atoms with Crippen molar-refractivity contribution >= 4 is 43.4 Å². The van der Waals surface area contributed by atoms with Crippen LogP contribution in [0.4, 0.5) is 5.69 Å². The van der Waals surface area contributed by atoms with E-state index in [9.17, 15) is 8.42 Å². The molecular weight excluding hydrogens is 378 g/mol. The number of rotatable bonds is 8. The molecule has 2 N–H and O–H groups in total. The molecule has 1 aliphatic carbocycles. The molecule has 0 radical (unpaired) electrons. The molecule has 21 heavy (non-hydrogen) atoms. The third kappa shape index (κ3) is 5.10. The highest BCUT2D eigenvalue weighted by Gasteiger charge is 2.21. The second kappa shape index (κ2) is 7.28. The van der Waals surface area contributed by atoms with Crippen LogP contribution in [-0.4, -0.2) is 38.9 Å². The first kappa shape index (κ1) is 17.0. The molecule has 5 nitrogen and oxygen atoms in total. The van der Waals surface area contributed by atoms with Gasteiger partial charge in [-0.25, -0.2) is 0 Å². The summed E-state index contributed by atoms with van der Waals surface area (Å²) in [7, 11) is -2.00. The summed E-state index contributed by atoms with van der Waals surface area (Å²) >= 11 is 9.24. The fraction of sp³-hybridized carbons (Fsp3) is 0.538. The van der Waals surface area contributed by atoms with Crippen LogP contribution >= 0.6 is 27.5 Å². The van der Waals surface area contributed by atoms with E-state index >= 15 is 0 Å². The van der Waals surface area contributed by atoms with Crippen molar-refractivity contribution in [3.8, 4) is 0 Å². The molecule has 1 aromatic rings. The minimum absolute atomic E-state index is 0.436. The van der Waals surface area contributed by atoms with Gasteiger partial charge < -0.3 is 5.32 Å². The van der Waals surface area contributed by atoms with Crippen molar-refractivity contribution < 1.29 is 8.42 Å². The normalized spacial score (nSPS) is 15.4. The van der Waals surface area contributed by atoms with Crippen LogP contribution in [0.25, 0.3) is 0 Å². The monoisotopic (exact) mass is 395 g/mol. The zero-order valence-corrected chi connectivity index (χ0v) is 14.9. The molecule has 0 spiro atoms. The van der Waals surface area contributed by atoms with Gasteiger partial charge >= 0.3 is 10.2 Å². The van der Waals surface area contributed by atoms with Crippen LogP contribution in [0, 0.1) is 0 Å². The Morgan fingerprint density at radius 2 is 2.14 bits per heavy atom. The van der Waals surface area contributed by atoms with Crippen molar-refractivity contribution in [2.75, 3.05) is 24.9 Å². The van der Waals surface area contributed by atoms with Gasteiger partial charge in [-0.2, -0.15) is 12.7 Å². The van der Waals surface area contributed by atoms with E-state index in [4.69, 9.17) is 11.6 Å². The van der Waals surface area contributed by atoms with E-state index in [0.29, 0.717) is 27.8 Å². The minimum atomic E-state index is -3.57. The average Bonchev–Trinajstić information content (AvgIpc) is 3.23. The predicted molar refractivity (Wildman–Crippen MR) is 90.0 cm³/mol. The molecule has 1 aromatic carbocycles. The largest absolute Gasteiger partial charge is 0.314 e. The van der Waals surface area contributed by atoms with E-state index in [-0.39, 0.29) is 0 Å². The fourth-order valence-electron chi connectivity index (χ4n) is 1.82. The second-order valence-electron chi connectivity index (χ2n) is 5.11. The highest BCUT2D eigenvalue weighted by atomic mass is 79.9. The lowest BCUT2D eigenvalue weighted by molar-refractivity contribution is 0.458. The number of hydrogen-bond donors (Lipinski definition) is 2. The first-order chi connectivity index (χ1) is 9.90. The molecule has 0 saturated heterocycles. The summed E-state index contributed by atoms with van der Waals surface area (Å²) in [5, 5.41) is 3.83. The van der Waals surface area contributed by atoms with E-state index in [1.54, 1.807) is 25.2 Å². The maximum absolute atomic E-state index is 12.2. The Morgan fingerprint density at radius 1 is 1.43 bits per heavy atom. The summed E-state index contributed by atoms with van der Waals surface area (Å²) in [5.41, 5.74) is 0.436. The minimum Gasteiger partial charge on any atom is -0.314 e. The Bertz CT molecular complexity index is 593. The summed E-state index contributed by atoms with van der Waals surface area (Å²) in [5.74, 6) is 0. The zero-order chi connectivity index (χ0) is 15.5. The van der Waals surface area contributed by atoms with Gasteiger partial charge in [0.25, 0.3) is 0 Å². The molecule has 0 amide bonds. The number of nitrogens with one attached hydrogen (secondary N) is 2. The molecule has 0 bridgehead atoms. The van der Waals surface area contributed by atoms with Crippen LogP contribution in [0.5, 0.6) is 0 Å². The van der Waals surface area contributed by atoms with E-state index in [1.165, 1.54) is 17.1 Å². The van der Waals surface area contributed by atoms with Gasteiger partial charge in [-0.05, 0) is 53.9 Å². The van der Waals surface area contributed by atoms with E-state index in [0.717, 1.165) is 13.0 Å². The van der Waals surface area contributed by atoms with Crippen molar-refractivity contribution in [1.82, 2.24) is 9.62 Å². The Morgan fingerprint density at radius 3 is 2.81 bits per heavy atom. The maximum atomic E-state index is 12.2. The highest BCUT2D eigenvalue weighted by molar-refractivity contribution is 9.10. The molecule has 0 heterocycles. The third-order valence-corrected chi connectivity index (χ3v) is 6.14. The van der Waals surface area contributed by atoms with Gasteiger partial charge in [-0.15, -0.1) is 0 Å². The number of hydrogen-bond acceptors (Lipinski definition) is 3. The number of anilines is 1. The third-order valence-electron chi connectivity index (χ3n) is 3.26. The summed E-state index contributed by atoms with van der Waals surface area (Å²) in [4.78, 5) is 0. The topological polar surface area (TPSA) is 61.4 Å². The van der Waals surface area contributed by atoms with Crippen LogP contribution < -0.4 is 10.0 Å². The van der Waals surface area contributed by atoms with E-state index in [1.807, 2.05) is 0 Å². The van der Waals surface area contributed by atoms with Crippen LogP contribution in [0.1, 0.15) is 19.3 Å². The van der Waals surface area contributed by atoms with Gasteiger partial charge in [0.05, 0.1) is 15.2 Å². The van der Waals surface area contributed by atoms with Crippen molar-refractivity contribution in [2.24, 2.45) is 0 Å². The molecule has 0 atom stereocenters. The van der Waals surface area contributed by atoms with Crippen molar-refractivity contribution in [3.63, 3.8) is 0 Å². The fourth-order valence-corrected chi connectivity index (χ4v) is 3.46. The molecule has 1 aliphatic rings. The highest BCUT2D eigenvalue weighted by Crippen LogP contribution is 2.30. The second-order valence-corrected chi connectivity index (χ2v) is 8.09. The van der Waals surface area contributed by atoms with Gasteiger partial charge in [-0.1, -0.05) is 17.7 Å². The van der Waals surface area contributed by atoms with Crippen molar-refractivity contribution in [1.29, 1.82) is 0 Å². The van der Waals surface area contributed by atoms with E-state index in [2.05, 4.69) is 26.0 Å². The Hall–Kier alpha value is -0.340. The Labute approximate surface area is 139 Å². The smallest absolute Gasteiger partial charge is 0.301 e. The SMILES string of the molecule is CN(CCCNC1CC1)S(=O)(=O)Nc1cccc(Cl)c1Br. The first-order valence-electron chi connectivity index (χ1n) is 6.81. The van der Waals surface area contributed by atoms with Gasteiger partial charge in [0, 0.05) is 19.6 Å². The van der Waals surface area contributed by atoms with Gasteiger partial charge in [0.15, 0.2) is 0 Å². The van der Waals surface area contributed by atoms with Gasteiger partial charge in [0.2, 0.25) is 0 Å². The van der Waals surface area contributed by atoms with Crippen LogP contribution in [-0.2, 0) is 10.2 Å². The van der Waals surface area contributed by atoms with Crippen LogP contribution in [0.3, 0.4) is 0 Å². The predicted octanol–water partition coefficient (Wildman–Crippen LogP) is 2.83. The molecule has 1 saturated carbocycles. The Balaban J connectivity index is 1.88. The molecule has 8 heteroatoms. The molecule has 2 rings (SSSR count). The first-order valence-corrected chi connectivity index (χ1v) is 9.43. The maximum Gasteiger partial charge on any atom is 0.301 e. The molecular formula is C13H19BrClN3O2S. The van der Waals surface area contributed by atoms with Gasteiger partial charge in [0.1, 0.15) is 0 Å². The number of nitrogens with zero attached hydrogens (tertiary/aromatic N) is 1. The summed E-state index contributed by atoms with van der Waals surface area (Å²) in [6, 6.07) is 5.70. The summed E-state index contributed by atoms with van der Waals surface area (Å²) < 4.78 is 28.9. The van der Waals surface area contributed by atoms with Crippen LogP contribution in [0.15, 0.2) is 22.7 Å². The lowest BCUT2D eigenvalue weighted by atomic mass is 10.3. The quantitative estimate of drug-likeness (QED) is 0.664. The number of halogens is 2. The molecule has 0 unspecified atom stereocenters. The average molecular weight is 397 g/mol. The van der Waals surface area contributed by atoms with Crippen molar-refractivity contribution in [3.05, 3.63) is 27.7 Å². The molecule has 0 aliphatic heterocycles. The molecule has 1 fully saturated rings. The lowest BCUT2D eigenvalue weighted by Gasteiger charge is -2.19. The molecule has 0 aromatic heterocycles. The number of benzene rings is 1. The summed E-state index contributed by atoms with van der Waals surface area (Å²) in [6.07, 6.45) is 3.25. The van der Waals surface area contributed by atoms with Gasteiger partial charge in [-0.3, -0.25) is 4.72 Å².